The number of aliphatic hydroxyl groups is 1. The topological polar surface area (TPSA) is 105 Å². The molecule has 0 aliphatic rings. The van der Waals surface area contributed by atoms with E-state index in [0.29, 0.717) is 11.4 Å². The van der Waals surface area contributed by atoms with Crippen molar-refractivity contribution in [1.82, 2.24) is 15.1 Å². The van der Waals surface area contributed by atoms with Crippen LogP contribution in [0.2, 0.25) is 0 Å². The van der Waals surface area contributed by atoms with E-state index in [4.69, 9.17) is 14.0 Å². The molecule has 128 valence electrons. The van der Waals surface area contributed by atoms with E-state index in [2.05, 4.69) is 15.1 Å². The van der Waals surface area contributed by atoms with Crippen molar-refractivity contribution >= 4 is 11.0 Å². The maximum Gasteiger partial charge on any atom is 0.349 e. The van der Waals surface area contributed by atoms with Gasteiger partial charge >= 0.3 is 5.63 Å². The molecule has 0 bridgehead atoms. The predicted molar refractivity (Wildman–Crippen MR) is 93.2 cm³/mol. The Labute approximate surface area is 142 Å². The van der Waals surface area contributed by atoms with Gasteiger partial charge in [-0.1, -0.05) is 16.8 Å². The van der Waals surface area contributed by atoms with Crippen molar-refractivity contribution in [3.63, 3.8) is 0 Å². The van der Waals surface area contributed by atoms with Crippen LogP contribution in [0.1, 0.15) is 11.3 Å². The highest BCUT2D eigenvalue weighted by molar-refractivity contribution is 5.81. The summed E-state index contributed by atoms with van der Waals surface area (Å²) in [6, 6.07) is 11.1. The molecule has 0 saturated carbocycles. The number of aryl methyl sites for hydroxylation is 2. The lowest BCUT2D eigenvalue weighted by Gasteiger charge is -1.99. The van der Waals surface area contributed by atoms with Gasteiger partial charge in [-0.3, -0.25) is 0 Å². The van der Waals surface area contributed by atoms with Gasteiger partial charge in [0.15, 0.2) is 0 Å². The molecule has 25 heavy (non-hydrogen) atoms. The van der Waals surface area contributed by atoms with Crippen LogP contribution in [0.15, 0.2) is 50.1 Å². The number of hydrogen-bond donors (Lipinski definition) is 2. The highest BCUT2D eigenvalue weighted by Gasteiger charge is 2.16. The van der Waals surface area contributed by atoms with Crippen LogP contribution in [0.4, 0.5) is 0 Å². The van der Waals surface area contributed by atoms with Gasteiger partial charge in [-0.2, -0.15) is 4.98 Å². The summed E-state index contributed by atoms with van der Waals surface area (Å²) in [7, 11) is 1.00. The molecule has 7 nitrogen and oxygen atoms in total. The molecule has 3 aromatic heterocycles. The number of aliphatic hydroxyl groups excluding tert-OH is 1. The van der Waals surface area contributed by atoms with Gasteiger partial charge in [-0.15, -0.1) is 0 Å². The van der Waals surface area contributed by atoms with Crippen LogP contribution >= 0.6 is 0 Å². The Morgan fingerprint density at radius 1 is 1.08 bits per heavy atom. The zero-order valence-corrected chi connectivity index (χ0v) is 14.0. The van der Waals surface area contributed by atoms with Crippen LogP contribution in [-0.2, 0) is 0 Å². The number of nitrogens with zero attached hydrogens (tertiary/aromatic N) is 2. The van der Waals surface area contributed by atoms with Crippen molar-refractivity contribution in [2.45, 2.75) is 13.8 Å². The number of aromatic amines is 1. The average Bonchev–Trinajstić information content (AvgIpc) is 3.25. The lowest BCUT2D eigenvalue weighted by molar-refractivity contribution is 0.399. The van der Waals surface area contributed by atoms with Crippen molar-refractivity contribution in [1.29, 1.82) is 0 Å². The summed E-state index contributed by atoms with van der Waals surface area (Å²) in [6.07, 6.45) is 0. The predicted octanol–water partition coefficient (Wildman–Crippen LogP) is 3.06. The van der Waals surface area contributed by atoms with Crippen LogP contribution in [-0.4, -0.2) is 27.3 Å². The summed E-state index contributed by atoms with van der Waals surface area (Å²) in [5, 5.41) is 11.7. The number of hydrogen-bond acceptors (Lipinski definition) is 6. The third-order valence-electron chi connectivity index (χ3n) is 3.62. The molecular formula is C18H17N3O4. The van der Waals surface area contributed by atoms with Gasteiger partial charge in [0.25, 0.3) is 5.89 Å². The number of nitrogens with one attached hydrogen (secondary N) is 1. The SMILES string of the molecule is CO.Cc1ccc2oc(=O)c(-c3nc(-c4ccc(C)[nH]4)no3)cc2c1. The van der Waals surface area contributed by atoms with E-state index in [-0.39, 0.29) is 11.5 Å². The van der Waals surface area contributed by atoms with Crippen LogP contribution in [0.5, 0.6) is 0 Å². The monoisotopic (exact) mass is 339 g/mol. The second-order valence-electron chi connectivity index (χ2n) is 5.47. The van der Waals surface area contributed by atoms with Crippen molar-refractivity contribution in [3.8, 4) is 23.0 Å². The second-order valence-corrected chi connectivity index (χ2v) is 5.47. The second kappa shape index (κ2) is 6.74. The molecule has 4 aromatic rings. The van der Waals surface area contributed by atoms with Crippen molar-refractivity contribution in [2.24, 2.45) is 0 Å². The molecule has 0 atom stereocenters. The minimum absolute atomic E-state index is 0.143. The van der Waals surface area contributed by atoms with Crippen LogP contribution < -0.4 is 5.63 Å². The third-order valence-corrected chi connectivity index (χ3v) is 3.62. The van der Waals surface area contributed by atoms with Gasteiger partial charge in [0.2, 0.25) is 5.82 Å². The fourth-order valence-electron chi connectivity index (χ4n) is 2.47. The fourth-order valence-corrected chi connectivity index (χ4v) is 2.47. The molecule has 0 amide bonds. The van der Waals surface area contributed by atoms with E-state index in [0.717, 1.165) is 29.4 Å². The standard InChI is InChI=1S/C17H13N3O3.CH4O/c1-9-3-6-14-11(7-9)8-12(17(21)22-14)16-19-15(20-23-16)13-5-4-10(2)18-13;1-2/h3-8,18H,1-2H3;2H,1H3. The minimum Gasteiger partial charge on any atom is -0.422 e. The molecule has 0 aliphatic carbocycles. The van der Waals surface area contributed by atoms with Gasteiger partial charge in [0, 0.05) is 18.2 Å². The Balaban J connectivity index is 0.000000880. The Kier molecular flexibility index (Phi) is 4.49. The smallest absolute Gasteiger partial charge is 0.349 e. The molecule has 0 aliphatic heterocycles. The van der Waals surface area contributed by atoms with Crippen molar-refractivity contribution in [3.05, 3.63) is 58.1 Å². The third kappa shape index (κ3) is 3.22. The summed E-state index contributed by atoms with van der Waals surface area (Å²) in [4.78, 5) is 19.6. The first-order valence-corrected chi connectivity index (χ1v) is 7.59. The van der Waals surface area contributed by atoms with E-state index in [1.165, 1.54) is 0 Å². The quantitative estimate of drug-likeness (QED) is 0.544. The lowest BCUT2D eigenvalue weighted by Crippen LogP contribution is -2.02. The zero-order chi connectivity index (χ0) is 18.0. The average molecular weight is 339 g/mol. The number of benzene rings is 1. The summed E-state index contributed by atoms with van der Waals surface area (Å²) in [6.45, 7) is 3.91. The zero-order valence-electron chi connectivity index (χ0n) is 14.0. The molecule has 0 fully saturated rings. The molecular weight excluding hydrogens is 322 g/mol. The molecule has 4 rings (SSSR count). The lowest BCUT2D eigenvalue weighted by atomic mass is 10.1. The molecule has 0 unspecified atom stereocenters. The summed E-state index contributed by atoms with van der Waals surface area (Å²) < 4.78 is 10.6. The Hall–Kier alpha value is -3.19. The fraction of sp³-hybridized carbons (Fsp3) is 0.167. The summed E-state index contributed by atoms with van der Waals surface area (Å²) in [5.74, 6) is 0.543. The molecule has 0 saturated heterocycles. The first-order chi connectivity index (χ1) is 12.1. The van der Waals surface area contributed by atoms with Gasteiger partial charge in [-0.05, 0) is 44.2 Å². The first kappa shape index (κ1) is 16.7. The first-order valence-electron chi connectivity index (χ1n) is 7.59. The summed E-state index contributed by atoms with van der Waals surface area (Å²) in [5.41, 5.74) is 3.09. The maximum absolute atomic E-state index is 12.2. The molecule has 3 heterocycles. The van der Waals surface area contributed by atoms with E-state index < -0.39 is 5.63 Å². The number of H-pyrrole nitrogens is 1. The van der Waals surface area contributed by atoms with Crippen LogP contribution in [0.25, 0.3) is 33.9 Å². The number of fused-ring (bicyclic) bond motifs is 1. The Bertz CT molecular complexity index is 1080. The van der Waals surface area contributed by atoms with Gasteiger partial charge in [0.05, 0.1) is 5.69 Å². The molecule has 7 heteroatoms. The van der Waals surface area contributed by atoms with Crippen molar-refractivity contribution < 1.29 is 14.0 Å². The Morgan fingerprint density at radius 3 is 2.60 bits per heavy atom. The minimum atomic E-state index is -0.501. The highest BCUT2D eigenvalue weighted by Crippen LogP contribution is 2.23. The summed E-state index contributed by atoms with van der Waals surface area (Å²) >= 11 is 0. The number of rotatable bonds is 2. The van der Waals surface area contributed by atoms with E-state index >= 15 is 0 Å². The van der Waals surface area contributed by atoms with Gasteiger partial charge < -0.3 is 19.0 Å². The molecule has 0 radical (unpaired) electrons. The highest BCUT2D eigenvalue weighted by atomic mass is 16.5. The Morgan fingerprint density at radius 2 is 1.88 bits per heavy atom. The van der Waals surface area contributed by atoms with Crippen LogP contribution in [0.3, 0.4) is 0 Å². The molecule has 2 N–H and O–H groups in total. The normalized spacial score (nSPS) is 10.6. The largest absolute Gasteiger partial charge is 0.422 e. The van der Waals surface area contributed by atoms with Gasteiger partial charge in [0.1, 0.15) is 11.1 Å². The van der Waals surface area contributed by atoms with E-state index in [9.17, 15) is 4.79 Å². The van der Waals surface area contributed by atoms with E-state index in [1.807, 2.05) is 38.1 Å². The van der Waals surface area contributed by atoms with Gasteiger partial charge in [-0.25, -0.2) is 4.79 Å². The maximum atomic E-state index is 12.2. The van der Waals surface area contributed by atoms with Crippen molar-refractivity contribution in [2.75, 3.05) is 7.11 Å². The van der Waals surface area contributed by atoms with Crippen LogP contribution in [0, 0.1) is 13.8 Å². The molecule has 1 aromatic carbocycles. The number of aromatic nitrogens is 3. The van der Waals surface area contributed by atoms with E-state index in [1.54, 1.807) is 12.1 Å². The molecule has 0 spiro atoms.